The highest BCUT2D eigenvalue weighted by Gasteiger charge is 2.11. The van der Waals surface area contributed by atoms with Crippen LogP contribution in [0.1, 0.15) is 12.8 Å². The molecule has 0 fully saturated rings. The first-order valence-electron chi connectivity index (χ1n) is 5.00. The van der Waals surface area contributed by atoms with Crippen molar-refractivity contribution >= 4 is 19.7 Å². The van der Waals surface area contributed by atoms with Gasteiger partial charge in [-0.25, -0.2) is 13.4 Å². The monoisotopic (exact) mass is 271 g/mol. The smallest absolute Gasteiger partial charge is 0.261 e. The molecule has 0 saturated heterocycles. The van der Waals surface area contributed by atoms with E-state index < -0.39 is 9.05 Å². The van der Waals surface area contributed by atoms with Crippen molar-refractivity contribution in [2.75, 3.05) is 0 Å². The Bertz CT molecular complexity index is 616. The van der Waals surface area contributed by atoms with E-state index in [9.17, 15) is 8.42 Å². The quantitative estimate of drug-likeness (QED) is 0.806. The molecule has 0 amide bonds. The van der Waals surface area contributed by atoms with E-state index in [0.717, 1.165) is 5.56 Å². The predicted molar refractivity (Wildman–Crippen MR) is 64.4 cm³/mol. The summed E-state index contributed by atoms with van der Waals surface area (Å²) in [7, 11) is 1.54. The second-order valence-electron chi connectivity index (χ2n) is 3.43. The molecule has 0 unspecified atom stereocenters. The van der Waals surface area contributed by atoms with E-state index in [1.807, 2.05) is 6.92 Å². The maximum Gasteiger partial charge on any atom is 0.261 e. The van der Waals surface area contributed by atoms with Crippen molar-refractivity contribution in [2.24, 2.45) is 0 Å². The number of hydrogen-bond donors (Lipinski definition) is 0. The third-order valence-electron chi connectivity index (χ3n) is 2.28. The van der Waals surface area contributed by atoms with Gasteiger partial charge in [0.25, 0.3) is 9.05 Å². The molecule has 17 heavy (non-hydrogen) atoms. The van der Waals surface area contributed by atoms with Crippen molar-refractivity contribution in [1.82, 2.24) is 4.98 Å². The minimum Gasteiger partial charge on any atom is -0.441 e. The molecule has 2 rings (SSSR count). The minimum absolute atomic E-state index is 0.0677. The number of hydrogen-bond acceptors (Lipinski definition) is 4. The Morgan fingerprint density at radius 3 is 2.41 bits per heavy atom. The van der Waals surface area contributed by atoms with E-state index in [1.54, 1.807) is 18.3 Å². The molecule has 0 aliphatic heterocycles. The predicted octanol–water partition coefficient (Wildman–Crippen LogP) is 2.83. The van der Waals surface area contributed by atoms with Crippen LogP contribution in [0.15, 0.2) is 39.8 Å². The van der Waals surface area contributed by atoms with E-state index in [-0.39, 0.29) is 4.90 Å². The van der Waals surface area contributed by atoms with Gasteiger partial charge in [-0.15, -0.1) is 0 Å². The van der Waals surface area contributed by atoms with E-state index in [2.05, 4.69) is 4.98 Å². The molecule has 0 atom stereocenters. The summed E-state index contributed by atoms with van der Waals surface area (Å²) < 4.78 is 27.6. The minimum atomic E-state index is -3.68. The van der Waals surface area contributed by atoms with Gasteiger partial charge in [-0.2, -0.15) is 0 Å². The van der Waals surface area contributed by atoms with Gasteiger partial charge in [0, 0.05) is 22.7 Å². The molecule has 0 radical (unpaired) electrons. The van der Waals surface area contributed by atoms with Crippen LogP contribution in [0.4, 0.5) is 0 Å². The first-order valence-corrected chi connectivity index (χ1v) is 7.31. The number of aryl methyl sites for hydroxylation is 1. The molecule has 0 bridgehead atoms. The summed E-state index contributed by atoms with van der Waals surface area (Å²) in [5.41, 5.74) is 0.765. The molecule has 6 heteroatoms. The summed E-state index contributed by atoms with van der Waals surface area (Å²) >= 11 is 0. The maximum atomic E-state index is 11.1. The standard InChI is InChI=1S/C11H10ClNO3S/c1-2-11-13-7-10(16-11)8-3-5-9(6-4-8)17(12,14)15/h3-7H,2H2,1H3. The van der Waals surface area contributed by atoms with Gasteiger partial charge >= 0.3 is 0 Å². The fraction of sp³-hybridized carbons (Fsp3) is 0.182. The highest BCUT2D eigenvalue weighted by Crippen LogP contribution is 2.23. The van der Waals surface area contributed by atoms with Crippen LogP contribution in [-0.4, -0.2) is 13.4 Å². The van der Waals surface area contributed by atoms with Gasteiger partial charge in [-0.1, -0.05) is 6.92 Å². The van der Waals surface area contributed by atoms with E-state index in [1.165, 1.54) is 12.1 Å². The number of halogens is 1. The zero-order valence-electron chi connectivity index (χ0n) is 9.05. The van der Waals surface area contributed by atoms with Crippen LogP contribution in [0.5, 0.6) is 0 Å². The Morgan fingerprint density at radius 2 is 1.94 bits per heavy atom. The molecule has 1 aromatic heterocycles. The number of oxazole rings is 1. The Morgan fingerprint density at radius 1 is 1.29 bits per heavy atom. The van der Waals surface area contributed by atoms with Crippen LogP contribution in [-0.2, 0) is 15.5 Å². The molecule has 0 N–H and O–H groups in total. The molecule has 1 aromatic carbocycles. The third kappa shape index (κ3) is 2.68. The third-order valence-corrected chi connectivity index (χ3v) is 3.65. The topological polar surface area (TPSA) is 60.2 Å². The zero-order valence-corrected chi connectivity index (χ0v) is 10.6. The van der Waals surface area contributed by atoms with Crippen LogP contribution in [0, 0.1) is 0 Å². The van der Waals surface area contributed by atoms with Crippen LogP contribution in [0.25, 0.3) is 11.3 Å². The summed E-state index contributed by atoms with van der Waals surface area (Å²) in [5.74, 6) is 1.26. The molecular formula is C11H10ClNO3S. The van der Waals surface area contributed by atoms with Gasteiger partial charge < -0.3 is 4.42 Å². The van der Waals surface area contributed by atoms with Gasteiger partial charge in [-0.05, 0) is 24.3 Å². The van der Waals surface area contributed by atoms with Crippen molar-refractivity contribution in [3.63, 3.8) is 0 Å². The fourth-order valence-electron chi connectivity index (χ4n) is 1.39. The van der Waals surface area contributed by atoms with Crippen molar-refractivity contribution in [3.8, 4) is 11.3 Å². The summed E-state index contributed by atoms with van der Waals surface area (Å²) in [4.78, 5) is 4.14. The van der Waals surface area contributed by atoms with E-state index >= 15 is 0 Å². The van der Waals surface area contributed by atoms with E-state index in [4.69, 9.17) is 15.1 Å². The Balaban J connectivity index is 2.35. The lowest BCUT2D eigenvalue weighted by molar-refractivity contribution is 0.514. The first kappa shape index (κ1) is 12.1. The average molecular weight is 272 g/mol. The lowest BCUT2D eigenvalue weighted by Gasteiger charge is -1.98. The molecule has 0 aliphatic carbocycles. The maximum absolute atomic E-state index is 11.1. The molecule has 1 heterocycles. The largest absolute Gasteiger partial charge is 0.441 e. The van der Waals surface area contributed by atoms with Gasteiger partial charge in [0.1, 0.15) is 0 Å². The Hall–Kier alpha value is -1.33. The number of aromatic nitrogens is 1. The SMILES string of the molecule is CCc1ncc(-c2ccc(S(=O)(=O)Cl)cc2)o1. The molecule has 90 valence electrons. The van der Waals surface area contributed by atoms with Crippen LogP contribution in [0.2, 0.25) is 0 Å². The van der Waals surface area contributed by atoms with Gasteiger partial charge in [-0.3, -0.25) is 0 Å². The lowest BCUT2D eigenvalue weighted by atomic mass is 10.2. The average Bonchev–Trinajstić information content (AvgIpc) is 2.76. The van der Waals surface area contributed by atoms with Crippen molar-refractivity contribution in [3.05, 3.63) is 36.4 Å². The fourth-order valence-corrected chi connectivity index (χ4v) is 2.16. The summed E-state index contributed by atoms with van der Waals surface area (Å²) in [6.45, 7) is 1.94. The van der Waals surface area contributed by atoms with E-state index in [0.29, 0.717) is 18.1 Å². The summed E-state index contributed by atoms with van der Waals surface area (Å²) in [5, 5.41) is 0. The Labute approximate surface area is 104 Å². The normalized spacial score (nSPS) is 11.6. The highest BCUT2D eigenvalue weighted by atomic mass is 35.7. The molecular weight excluding hydrogens is 262 g/mol. The molecule has 0 saturated carbocycles. The van der Waals surface area contributed by atoms with Crippen molar-refractivity contribution < 1.29 is 12.8 Å². The molecule has 2 aromatic rings. The van der Waals surface area contributed by atoms with Crippen LogP contribution in [0.3, 0.4) is 0 Å². The number of benzene rings is 1. The second kappa shape index (κ2) is 4.50. The number of nitrogens with zero attached hydrogens (tertiary/aromatic N) is 1. The van der Waals surface area contributed by atoms with Crippen molar-refractivity contribution in [1.29, 1.82) is 0 Å². The van der Waals surface area contributed by atoms with Gasteiger partial charge in [0.05, 0.1) is 11.1 Å². The second-order valence-corrected chi connectivity index (χ2v) is 6.00. The lowest BCUT2D eigenvalue weighted by Crippen LogP contribution is -1.89. The summed E-state index contributed by atoms with van der Waals surface area (Å²) in [6.07, 6.45) is 2.33. The molecule has 0 spiro atoms. The van der Waals surface area contributed by atoms with Crippen LogP contribution < -0.4 is 0 Å². The van der Waals surface area contributed by atoms with Gasteiger partial charge in [0.2, 0.25) is 0 Å². The highest BCUT2D eigenvalue weighted by molar-refractivity contribution is 8.13. The first-order chi connectivity index (χ1) is 8.00. The number of rotatable bonds is 3. The Kier molecular flexibility index (Phi) is 3.22. The van der Waals surface area contributed by atoms with Crippen LogP contribution >= 0.6 is 10.7 Å². The van der Waals surface area contributed by atoms with Gasteiger partial charge in [0.15, 0.2) is 11.7 Å². The molecule has 4 nitrogen and oxygen atoms in total. The summed E-state index contributed by atoms with van der Waals surface area (Å²) in [6, 6.07) is 6.14. The zero-order chi connectivity index (χ0) is 12.5. The van der Waals surface area contributed by atoms with Crippen molar-refractivity contribution in [2.45, 2.75) is 18.2 Å². The molecule has 0 aliphatic rings.